The number of ether oxygens (including phenoxy) is 1. The van der Waals surface area contributed by atoms with Crippen LogP contribution in [-0.2, 0) is 0 Å². The second-order valence-electron chi connectivity index (χ2n) is 3.86. The third-order valence-corrected chi connectivity index (χ3v) is 2.56. The van der Waals surface area contributed by atoms with Crippen LogP contribution in [0, 0.1) is 0 Å². The van der Waals surface area contributed by atoms with E-state index in [1.807, 2.05) is 24.3 Å². The second kappa shape index (κ2) is 5.03. The fourth-order valence-corrected chi connectivity index (χ4v) is 1.55. The van der Waals surface area contributed by atoms with Gasteiger partial charge in [-0.25, -0.2) is 0 Å². The van der Waals surface area contributed by atoms with Crippen molar-refractivity contribution in [3.05, 3.63) is 24.3 Å². The Morgan fingerprint density at radius 3 is 2.80 bits per heavy atom. The number of methoxy groups -OCH3 is 1. The lowest BCUT2D eigenvalue weighted by molar-refractivity contribution is 0.416. The molecule has 0 unspecified atom stereocenters. The molecule has 1 aliphatic carbocycles. The molecule has 1 fully saturated rings. The van der Waals surface area contributed by atoms with E-state index < -0.39 is 0 Å². The predicted octanol–water partition coefficient (Wildman–Crippen LogP) is 1.86. The molecule has 3 heteroatoms. The van der Waals surface area contributed by atoms with Gasteiger partial charge in [-0.2, -0.15) is 0 Å². The van der Waals surface area contributed by atoms with Crippen LogP contribution in [0.25, 0.3) is 0 Å². The van der Waals surface area contributed by atoms with E-state index in [4.69, 9.17) is 4.74 Å². The third kappa shape index (κ3) is 3.13. The summed E-state index contributed by atoms with van der Waals surface area (Å²) in [5.41, 5.74) is 1.07. The zero-order valence-electron chi connectivity index (χ0n) is 9.12. The highest BCUT2D eigenvalue weighted by molar-refractivity contribution is 5.56. The van der Waals surface area contributed by atoms with E-state index in [2.05, 4.69) is 10.6 Å². The van der Waals surface area contributed by atoms with Crippen molar-refractivity contribution in [3.63, 3.8) is 0 Å². The number of rotatable bonds is 6. The van der Waals surface area contributed by atoms with E-state index in [1.165, 1.54) is 12.8 Å². The molecule has 15 heavy (non-hydrogen) atoms. The third-order valence-electron chi connectivity index (χ3n) is 2.56. The molecule has 2 rings (SSSR count). The maximum Gasteiger partial charge on any atom is 0.141 e. The van der Waals surface area contributed by atoms with Crippen molar-refractivity contribution in [2.24, 2.45) is 0 Å². The molecule has 0 amide bonds. The molecule has 0 bridgehead atoms. The summed E-state index contributed by atoms with van der Waals surface area (Å²) < 4.78 is 5.25. The minimum atomic E-state index is 0.782. The molecule has 0 atom stereocenters. The van der Waals surface area contributed by atoms with Gasteiger partial charge in [0.1, 0.15) is 5.75 Å². The summed E-state index contributed by atoms with van der Waals surface area (Å²) in [6.07, 6.45) is 2.68. The van der Waals surface area contributed by atoms with Gasteiger partial charge in [-0.05, 0) is 25.0 Å². The van der Waals surface area contributed by atoms with E-state index in [-0.39, 0.29) is 0 Å². The largest absolute Gasteiger partial charge is 0.495 e. The van der Waals surface area contributed by atoms with Crippen LogP contribution in [0.3, 0.4) is 0 Å². The number of hydrogen-bond acceptors (Lipinski definition) is 3. The lowest BCUT2D eigenvalue weighted by Crippen LogP contribution is -2.24. The zero-order valence-corrected chi connectivity index (χ0v) is 9.12. The summed E-state index contributed by atoms with van der Waals surface area (Å²) in [6.45, 7) is 1.96. The van der Waals surface area contributed by atoms with E-state index in [9.17, 15) is 0 Å². The first-order valence-corrected chi connectivity index (χ1v) is 5.50. The Morgan fingerprint density at radius 2 is 2.07 bits per heavy atom. The van der Waals surface area contributed by atoms with Gasteiger partial charge in [0.05, 0.1) is 12.8 Å². The molecule has 2 N–H and O–H groups in total. The molecule has 0 spiro atoms. The van der Waals surface area contributed by atoms with E-state index in [0.717, 1.165) is 30.6 Å². The van der Waals surface area contributed by atoms with E-state index in [0.29, 0.717) is 0 Å². The molecule has 1 aliphatic rings. The lowest BCUT2D eigenvalue weighted by Gasteiger charge is -2.10. The quantitative estimate of drug-likeness (QED) is 0.697. The molecule has 1 saturated carbocycles. The monoisotopic (exact) mass is 206 g/mol. The molecule has 0 saturated heterocycles. The van der Waals surface area contributed by atoms with Gasteiger partial charge in [0.25, 0.3) is 0 Å². The van der Waals surface area contributed by atoms with Crippen molar-refractivity contribution >= 4 is 5.69 Å². The molecule has 1 aromatic rings. The summed E-state index contributed by atoms with van der Waals surface area (Å²) in [7, 11) is 1.70. The Balaban J connectivity index is 1.75. The van der Waals surface area contributed by atoms with Crippen LogP contribution in [0.4, 0.5) is 5.69 Å². The van der Waals surface area contributed by atoms with Gasteiger partial charge in [-0.3, -0.25) is 0 Å². The minimum Gasteiger partial charge on any atom is -0.495 e. The van der Waals surface area contributed by atoms with Crippen LogP contribution in [-0.4, -0.2) is 26.2 Å². The first-order valence-electron chi connectivity index (χ1n) is 5.50. The topological polar surface area (TPSA) is 33.3 Å². The molecule has 0 aromatic heterocycles. The number of nitrogens with one attached hydrogen (secondary N) is 2. The number of benzene rings is 1. The first kappa shape index (κ1) is 10.3. The van der Waals surface area contributed by atoms with Gasteiger partial charge in [0, 0.05) is 19.1 Å². The van der Waals surface area contributed by atoms with Gasteiger partial charge >= 0.3 is 0 Å². The Labute approximate surface area is 90.8 Å². The van der Waals surface area contributed by atoms with Gasteiger partial charge in [0.2, 0.25) is 0 Å². The molecule has 0 aliphatic heterocycles. The molecule has 0 radical (unpaired) electrons. The van der Waals surface area contributed by atoms with Crippen molar-refractivity contribution < 1.29 is 4.74 Å². The summed E-state index contributed by atoms with van der Waals surface area (Å²) in [5.74, 6) is 0.906. The highest BCUT2D eigenvalue weighted by Crippen LogP contribution is 2.22. The molecular weight excluding hydrogens is 188 g/mol. The Kier molecular flexibility index (Phi) is 3.45. The number of hydrogen-bond donors (Lipinski definition) is 2. The van der Waals surface area contributed by atoms with Crippen LogP contribution in [0.5, 0.6) is 5.75 Å². The summed E-state index contributed by atoms with van der Waals surface area (Å²) >= 11 is 0. The summed E-state index contributed by atoms with van der Waals surface area (Å²) in [4.78, 5) is 0. The average molecular weight is 206 g/mol. The standard InChI is InChI=1S/C12H18N2O/c1-15-12-5-3-2-4-11(12)14-9-8-13-10-6-7-10/h2-5,10,13-14H,6-9H2,1H3. The van der Waals surface area contributed by atoms with Crippen LogP contribution < -0.4 is 15.4 Å². The maximum absolute atomic E-state index is 5.25. The van der Waals surface area contributed by atoms with Gasteiger partial charge in [-0.1, -0.05) is 12.1 Å². The van der Waals surface area contributed by atoms with Crippen LogP contribution >= 0.6 is 0 Å². The summed E-state index contributed by atoms with van der Waals surface area (Å²) in [6, 6.07) is 8.78. The van der Waals surface area contributed by atoms with Crippen molar-refractivity contribution in [2.75, 3.05) is 25.5 Å². The number of para-hydroxylation sites is 2. The Hall–Kier alpha value is -1.22. The van der Waals surface area contributed by atoms with E-state index in [1.54, 1.807) is 7.11 Å². The van der Waals surface area contributed by atoms with Crippen molar-refractivity contribution in [3.8, 4) is 5.75 Å². The number of anilines is 1. The van der Waals surface area contributed by atoms with Crippen LogP contribution in [0.15, 0.2) is 24.3 Å². The Morgan fingerprint density at radius 1 is 1.27 bits per heavy atom. The molecule has 1 aromatic carbocycles. The Bertz CT molecular complexity index is 310. The average Bonchev–Trinajstić information content (AvgIpc) is 3.09. The van der Waals surface area contributed by atoms with Gasteiger partial charge < -0.3 is 15.4 Å². The smallest absolute Gasteiger partial charge is 0.141 e. The highest BCUT2D eigenvalue weighted by Gasteiger charge is 2.19. The fraction of sp³-hybridized carbons (Fsp3) is 0.500. The predicted molar refractivity (Wildman–Crippen MR) is 62.5 cm³/mol. The van der Waals surface area contributed by atoms with E-state index >= 15 is 0 Å². The normalized spacial score (nSPS) is 15.0. The van der Waals surface area contributed by atoms with Crippen LogP contribution in [0.2, 0.25) is 0 Å². The van der Waals surface area contributed by atoms with Gasteiger partial charge in [0.15, 0.2) is 0 Å². The SMILES string of the molecule is COc1ccccc1NCCNC1CC1. The molecular formula is C12H18N2O. The molecule has 82 valence electrons. The van der Waals surface area contributed by atoms with Crippen molar-refractivity contribution in [1.29, 1.82) is 0 Å². The maximum atomic E-state index is 5.25. The minimum absolute atomic E-state index is 0.782. The zero-order chi connectivity index (χ0) is 10.5. The highest BCUT2D eigenvalue weighted by atomic mass is 16.5. The fourth-order valence-electron chi connectivity index (χ4n) is 1.55. The first-order chi connectivity index (χ1) is 7.40. The summed E-state index contributed by atoms with van der Waals surface area (Å²) in [5, 5.41) is 6.82. The van der Waals surface area contributed by atoms with Crippen molar-refractivity contribution in [1.82, 2.24) is 5.32 Å². The van der Waals surface area contributed by atoms with Gasteiger partial charge in [-0.15, -0.1) is 0 Å². The molecule has 3 nitrogen and oxygen atoms in total. The second-order valence-corrected chi connectivity index (χ2v) is 3.86. The lowest BCUT2D eigenvalue weighted by atomic mass is 10.3. The molecule has 0 heterocycles. The van der Waals surface area contributed by atoms with Crippen LogP contribution in [0.1, 0.15) is 12.8 Å². The van der Waals surface area contributed by atoms with Crippen molar-refractivity contribution in [2.45, 2.75) is 18.9 Å².